The number of hydrogen-bond donors (Lipinski definition) is 0. The summed E-state index contributed by atoms with van der Waals surface area (Å²) in [7, 11) is 0. The van der Waals surface area contributed by atoms with Crippen molar-refractivity contribution in [3.05, 3.63) is 107 Å². The minimum absolute atomic E-state index is 0.733. The van der Waals surface area contributed by atoms with Gasteiger partial charge in [-0.05, 0) is 29.3 Å². The summed E-state index contributed by atoms with van der Waals surface area (Å²) in [5.41, 5.74) is 4.13. The van der Waals surface area contributed by atoms with Crippen molar-refractivity contribution in [3.63, 3.8) is 0 Å². The first-order valence-corrected chi connectivity index (χ1v) is 7.81. The number of halogens is 1. The van der Waals surface area contributed by atoms with Crippen LogP contribution in [0, 0.1) is 0 Å². The molecule has 0 aliphatic heterocycles. The molecule has 23 heavy (non-hydrogen) atoms. The highest BCUT2D eigenvalue weighted by Gasteiger charge is 2.00. The Bertz CT molecular complexity index is 803. The number of hydrogen-bond acceptors (Lipinski definition) is 1. The molecule has 3 aromatic rings. The molecule has 0 atom stereocenters. The molecule has 112 valence electrons. The molecular formula is C21H16ClN. The number of aliphatic imine (C=N–C) groups is 1. The van der Waals surface area contributed by atoms with Crippen LogP contribution in [0.5, 0.6) is 0 Å². The molecule has 0 bridgehead atoms. The standard InChI is InChI=1S/C21H16ClN/c22-20-13-11-17(12-14-20)15-21(19-9-5-2-6-10-19)23-16-18-7-3-1-4-8-18/h1-16H/b21-15-,23-16?. The van der Waals surface area contributed by atoms with E-state index in [2.05, 4.69) is 23.2 Å². The van der Waals surface area contributed by atoms with Gasteiger partial charge in [0.15, 0.2) is 0 Å². The van der Waals surface area contributed by atoms with Gasteiger partial charge in [-0.1, -0.05) is 84.4 Å². The van der Waals surface area contributed by atoms with E-state index in [-0.39, 0.29) is 0 Å². The third-order valence-corrected chi connectivity index (χ3v) is 3.65. The molecule has 0 saturated carbocycles. The van der Waals surface area contributed by atoms with E-state index in [1.54, 1.807) is 0 Å². The second-order valence-corrected chi connectivity index (χ2v) is 5.55. The molecule has 0 aliphatic rings. The third kappa shape index (κ3) is 4.41. The van der Waals surface area contributed by atoms with Gasteiger partial charge in [-0.2, -0.15) is 0 Å². The Balaban J connectivity index is 1.97. The van der Waals surface area contributed by atoms with Crippen LogP contribution >= 0.6 is 11.6 Å². The average molecular weight is 318 g/mol. The van der Waals surface area contributed by atoms with Crippen LogP contribution in [0.3, 0.4) is 0 Å². The maximum Gasteiger partial charge on any atom is 0.0708 e. The van der Waals surface area contributed by atoms with Gasteiger partial charge in [-0.3, -0.25) is 4.99 Å². The lowest BCUT2D eigenvalue weighted by Gasteiger charge is -2.03. The van der Waals surface area contributed by atoms with Gasteiger partial charge in [0.1, 0.15) is 0 Å². The van der Waals surface area contributed by atoms with Crippen molar-refractivity contribution in [2.24, 2.45) is 4.99 Å². The summed E-state index contributed by atoms with van der Waals surface area (Å²) in [6, 6.07) is 28.0. The van der Waals surface area contributed by atoms with E-state index in [0.717, 1.165) is 27.4 Å². The highest BCUT2D eigenvalue weighted by atomic mass is 35.5. The van der Waals surface area contributed by atoms with Crippen molar-refractivity contribution in [2.45, 2.75) is 0 Å². The molecule has 0 spiro atoms. The molecule has 2 heteroatoms. The fraction of sp³-hybridized carbons (Fsp3) is 0. The van der Waals surface area contributed by atoms with Gasteiger partial charge in [0.2, 0.25) is 0 Å². The van der Waals surface area contributed by atoms with Gasteiger partial charge in [-0.25, -0.2) is 0 Å². The van der Waals surface area contributed by atoms with E-state index in [1.807, 2.05) is 79.0 Å². The van der Waals surface area contributed by atoms with Gasteiger partial charge >= 0.3 is 0 Å². The Morgan fingerprint density at radius 2 is 1.30 bits per heavy atom. The quantitative estimate of drug-likeness (QED) is 0.416. The van der Waals surface area contributed by atoms with Gasteiger partial charge < -0.3 is 0 Å². The Hall–Kier alpha value is -2.64. The van der Waals surface area contributed by atoms with Crippen molar-refractivity contribution < 1.29 is 0 Å². The molecule has 0 fully saturated rings. The molecule has 0 N–H and O–H groups in total. The topological polar surface area (TPSA) is 12.4 Å². The summed E-state index contributed by atoms with van der Waals surface area (Å²) in [5.74, 6) is 0. The molecule has 3 aromatic carbocycles. The smallest absolute Gasteiger partial charge is 0.0708 e. The second-order valence-electron chi connectivity index (χ2n) is 5.12. The van der Waals surface area contributed by atoms with Crippen molar-refractivity contribution in [1.29, 1.82) is 0 Å². The zero-order chi connectivity index (χ0) is 15.9. The zero-order valence-corrected chi connectivity index (χ0v) is 13.3. The van der Waals surface area contributed by atoms with Gasteiger partial charge in [-0.15, -0.1) is 0 Å². The van der Waals surface area contributed by atoms with Crippen molar-refractivity contribution in [1.82, 2.24) is 0 Å². The van der Waals surface area contributed by atoms with Gasteiger partial charge in [0, 0.05) is 16.8 Å². The van der Waals surface area contributed by atoms with Crippen LogP contribution in [-0.4, -0.2) is 6.21 Å². The van der Waals surface area contributed by atoms with E-state index in [9.17, 15) is 0 Å². The Labute approximate surface area is 141 Å². The van der Waals surface area contributed by atoms with E-state index >= 15 is 0 Å². The summed E-state index contributed by atoms with van der Waals surface area (Å²) < 4.78 is 0. The minimum atomic E-state index is 0.733. The first kappa shape index (κ1) is 15.3. The van der Waals surface area contributed by atoms with Crippen LogP contribution in [0.2, 0.25) is 5.02 Å². The van der Waals surface area contributed by atoms with Crippen molar-refractivity contribution >= 4 is 29.6 Å². The molecule has 0 unspecified atom stereocenters. The van der Waals surface area contributed by atoms with Gasteiger partial charge in [0.25, 0.3) is 0 Å². The first-order valence-electron chi connectivity index (χ1n) is 7.43. The lowest BCUT2D eigenvalue weighted by molar-refractivity contribution is 1.51. The van der Waals surface area contributed by atoms with E-state index in [1.165, 1.54) is 0 Å². The van der Waals surface area contributed by atoms with Crippen LogP contribution in [0.4, 0.5) is 0 Å². The summed E-state index contributed by atoms with van der Waals surface area (Å²) in [6.45, 7) is 0. The number of nitrogens with zero attached hydrogens (tertiary/aromatic N) is 1. The monoisotopic (exact) mass is 317 g/mol. The highest BCUT2D eigenvalue weighted by molar-refractivity contribution is 6.30. The fourth-order valence-electron chi connectivity index (χ4n) is 2.20. The molecule has 0 heterocycles. The SMILES string of the molecule is Clc1ccc(/C=C(\N=Cc2ccccc2)c2ccccc2)cc1. The molecule has 0 saturated heterocycles. The Morgan fingerprint density at radius 3 is 1.96 bits per heavy atom. The molecule has 1 nitrogen and oxygen atoms in total. The van der Waals surface area contributed by atoms with Gasteiger partial charge in [0.05, 0.1) is 5.70 Å². The van der Waals surface area contributed by atoms with E-state index in [4.69, 9.17) is 11.6 Å². The van der Waals surface area contributed by atoms with Crippen LogP contribution in [0.1, 0.15) is 16.7 Å². The van der Waals surface area contributed by atoms with E-state index in [0.29, 0.717) is 0 Å². The predicted octanol–water partition coefficient (Wildman–Crippen LogP) is 5.96. The average Bonchev–Trinajstić information content (AvgIpc) is 2.62. The van der Waals surface area contributed by atoms with Crippen LogP contribution in [0.25, 0.3) is 11.8 Å². The van der Waals surface area contributed by atoms with E-state index < -0.39 is 0 Å². The predicted molar refractivity (Wildman–Crippen MR) is 99.8 cm³/mol. The highest BCUT2D eigenvalue weighted by Crippen LogP contribution is 2.20. The Kier molecular flexibility index (Phi) is 5.02. The fourth-order valence-corrected chi connectivity index (χ4v) is 2.33. The first-order chi connectivity index (χ1) is 11.3. The summed E-state index contributed by atoms with van der Waals surface area (Å²) in [5, 5.41) is 0.733. The van der Waals surface area contributed by atoms with Crippen LogP contribution in [-0.2, 0) is 0 Å². The zero-order valence-electron chi connectivity index (χ0n) is 12.6. The maximum atomic E-state index is 5.96. The molecule has 0 aliphatic carbocycles. The normalized spacial score (nSPS) is 11.8. The summed E-state index contributed by atoms with van der Waals surface area (Å²) in [6.07, 6.45) is 3.94. The Morgan fingerprint density at radius 1 is 0.696 bits per heavy atom. The lowest BCUT2D eigenvalue weighted by Crippen LogP contribution is -1.85. The molecule has 3 rings (SSSR count). The van der Waals surface area contributed by atoms with Crippen LogP contribution in [0.15, 0.2) is 89.9 Å². The summed E-state index contributed by atoms with van der Waals surface area (Å²) in [4.78, 5) is 4.69. The van der Waals surface area contributed by atoms with Crippen molar-refractivity contribution in [2.75, 3.05) is 0 Å². The minimum Gasteiger partial charge on any atom is -0.256 e. The number of benzene rings is 3. The van der Waals surface area contributed by atoms with Crippen LogP contribution < -0.4 is 0 Å². The lowest BCUT2D eigenvalue weighted by atomic mass is 10.1. The molecule has 0 amide bonds. The molecule has 0 radical (unpaired) electrons. The molecular weight excluding hydrogens is 302 g/mol. The third-order valence-electron chi connectivity index (χ3n) is 3.40. The molecule has 0 aromatic heterocycles. The second kappa shape index (κ2) is 7.57. The summed E-state index contributed by atoms with van der Waals surface area (Å²) >= 11 is 5.96. The maximum absolute atomic E-state index is 5.96. The number of rotatable bonds is 4. The largest absolute Gasteiger partial charge is 0.256 e. The van der Waals surface area contributed by atoms with Crippen molar-refractivity contribution in [3.8, 4) is 0 Å².